The molecule has 2 aromatic carbocycles. The molecule has 6 heteroatoms. The lowest BCUT2D eigenvalue weighted by atomic mass is 10.1. The van der Waals surface area contributed by atoms with Crippen LogP contribution in [0.25, 0.3) is 0 Å². The zero-order chi connectivity index (χ0) is 21.3. The van der Waals surface area contributed by atoms with Gasteiger partial charge in [-0.3, -0.25) is 14.4 Å². The van der Waals surface area contributed by atoms with E-state index in [1.807, 2.05) is 62.4 Å². The third kappa shape index (κ3) is 3.82. The molecule has 2 aliphatic heterocycles. The first-order valence-corrected chi connectivity index (χ1v) is 10.5. The minimum atomic E-state index is -0.325. The third-order valence-electron chi connectivity index (χ3n) is 6.24. The minimum absolute atomic E-state index is 0.0000543. The average molecular weight is 405 g/mol. The van der Waals surface area contributed by atoms with Crippen molar-refractivity contribution in [3.05, 3.63) is 65.2 Å². The van der Waals surface area contributed by atoms with E-state index >= 15 is 0 Å². The zero-order valence-corrected chi connectivity index (χ0v) is 17.5. The number of anilines is 1. The number of benzene rings is 2. The molecular formula is C24H27N3O3. The van der Waals surface area contributed by atoms with Gasteiger partial charge in [0.1, 0.15) is 0 Å². The van der Waals surface area contributed by atoms with Crippen molar-refractivity contribution in [3.63, 3.8) is 0 Å². The number of nitrogens with zero attached hydrogens (tertiary/aromatic N) is 3. The number of piperazine rings is 1. The maximum Gasteiger partial charge on any atom is 0.253 e. The maximum absolute atomic E-state index is 13.1. The van der Waals surface area contributed by atoms with Gasteiger partial charge in [0.2, 0.25) is 11.8 Å². The topological polar surface area (TPSA) is 60.9 Å². The van der Waals surface area contributed by atoms with E-state index in [4.69, 9.17) is 0 Å². The molecule has 0 spiro atoms. The molecule has 156 valence electrons. The van der Waals surface area contributed by atoms with Crippen LogP contribution in [0.5, 0.6) is 0 Å². The van der Waals surface area contributed by atoms with Crippen molar-refractivity contribution < 1.29 is 14.4 Å². The first-order valence-electron chi connectivity index (χ1n) is 10.5. The van der Waals surface area contributed by atoms with Crippen LogP contribution in [0.2, 0.25) is 0 Å². The van der Waals surface area contributed by atoms with Gasteiger partial charge in [0.25, 0.3) is 5.91 Å². The number of hydrogen-bond donors (Lipinski definition) is 0. The second-order valence-electron chi connectivity index (χ2n) is 8.11. The van der Waals surface area contributed by atoms with Crippen LogP contribution in [0.4, 0.5) is 5.69 Å². The van der Waals surface area contributed by atoms with E-state index in [1.54, 1.807) is 14.7 Å². The summed E-state index contributed by atoms with van der Waals surface area (Å²) in [7, 11) is 0. The molecule has 0 radical (unpaired) electrons. The van der Waals surface area contributed by atoms with E-state index in [0.717, 1.165) is 16.8 Å². The number of amides is 3. The van der Waals surface area contributed by atoms with E-state index in [1.165, 1.54) is 0 Å². The third-order valence-corrected chi connectivity index (χ3v) is 6.24. The summed E-state index contributed by atoms with van der Waals surface area (Å²) in [4.78, 5) is 43.7. The molecule has 2 heterocycles. The van der Waals surface area contributed by atoms with Gasteiger partial charge in [-0.05, 0) is 43.2 Å². The molecule has 0 bridgehead atoms. The van der Waals surface area contributed by atoms with Gasteiger partial charge in [-0.1, -0.05) is 30.3 Å². The summed E-state index contributed by atoms with van der Waals surface area (Å²) >= 11 is 0. The molecule has 3 amide bonds. The molecule has 2 aromatic rings. The smallest absolute Gasteiger partial charge is 0.253 e. The van der Waals surface area contributed by atoms with Crippen molar-refractivity contribution in [2.75, 3.05) is 37.6 Å². The number of carbonyl (C=O) groups excluding carboxylic acids is 3. The molecule has 2 saturated heterocycles. The molecule has 4 rings (SSSR count). The number of rotatable bonds is 3. The van der Waals surface area contributed by atoms with Crippen molar-refractivity contribution in [2.45, 2.75) is 20.3 Å². The van der Waals surface area contributed by atoms with Crippen LogP contribution in [0.1, 0.15) is 27.9 Å². The molecule has 0 aliphatic carbocycles. The van der Waals surface area contributed by atoms with E-state index in [0.29, 0.717) is 38.3 Å². The first-order chi connectivity index (χ1) is 14.5. The lowest BCUT2D eigenvalue weighted by Gasteiger charge is -2.36. The van der Waals surface area contributed by atoms with Gasteiger partial charge in [-0.15, -0.1) is 0 Å². The van der Waals surface area contributed by atoms with E-state index in [-0.39, 0.29) is 30.1 Å². The Hall–Kier alpha value is -3.15. The Bertz CT molecular complexity index is 965. The van der Waals surface area contributed by atoms with Crippen molar-refractivity contribution >= 4 is 23.4 Å². The summed E-state index contributed by atoms with van der Waals surface area (Å²) in [6, 6.07) is 15.1. The van der Waals surface area contributed by atoms with Gasteiger partial charge in [-0.2, -0.15) is 0 Å². The van der Waals surface area contributed by atoms with Crippen LogP contribution in [0.15, 0.2) is 48.5 Å². The van der Waals surface area contributed by atoms with Crippen LogP contribution in [0, 0.1) is 19.8 Å². The summed E-state index contributed by atoms with van der Waals surface area (Å²) in [6.07, 6.45) is 0.245. The fourth-order valence-corrected chi connectivity index (χ4v) is 4.29. The molecule has 1 atom stereocenters. The normalized spacial score (nSPS) is 19.3. The van der Waals surface area contributed by atoms with Crippen molar-refractivity contribution in [2.24, 2.45) is 5.92 Å². The molecular weight excluding hydrogens is 378 g/mol. The van der Waals surface area contributed by atoms with Crippen molar-refractivity contribution in [1.82, 2.24) is 9.80 Å². The predicted octanol–water partition coefficient (Wildman–Crippen LogP) is 2.64. The maximum atomic E-state index is 13.1. The highest BCUT2D eigenvalue weighted by atomic mass is 16.2. The van der Waals surface area contributed by atoms with Gasteiger partial charge in [0, 0.05) is 50.4 Å². The minimum Gasteiger partial charge on any atom is -0.339 e. The van der Waals surface area contributed by atoms with Gasteiger partial charge >= 0.3 is 0 Å². The Balaban J connectivity index is 1.37. The highest BCUT2D eigenvalue weighted by Crippen LogP contribution is 2.30. The van der Waals surface area contributed by atoms with Crippen LogP contribution in [-0.2, 0) is 9.59 Å². The van der Waals surface area contributed by atoms with Crippen LogP contribution >= 0.6 is 0 Å². The van der Waals surface area contributed by atoms with Crippen molar-refractivity contribution in [3.8, 4) is 0 Å². The standard InChI is InChI=1S/C24H27N3O3/c1-17-7-6-10-21(18(17)2)27-16-20(15-22(27)28)24(30)26-13-11-25(12-14-26)23(29)19-8-4-3-5-9-19/h3-10,20H,11-16H2,1-2H3/t20-/m0/s1. The second-order valence-corrected chi connectivity index (χ2v) is 8.11. The summed E-state index contributed by atoms with van der Waals surface area (Å²) in [5.74, 6) is -0.309. The number of aryl methyl sites for hydroxylation is 1. The fourth-order valence-electron chi connectivity index (χ4n) is 4.29. The number of hydrogen-bond acceptors (Lipinski definition) is 3. The second kappa shape index (κ2) is 8.30. The molecule has 30 heavy (non-hydrogen) atoms. The molecule has 2 aliphatic rings. The van der Waals surface area contributed by atoms with Crippen LogP contribution < -0.4 is 4.90 Å². The van der Waals surface area contributed by atoms with E-state index in [2.05, 4.69) is 0 Å². The fraction of sp³-hybridized carbons (Fsp3) is 0.375. The van der Waals surface area contributed by atoms with Gasteiger partial charge in [0.05, 0.1) is 5.92 Å². The molecule has 0 aromatic heterocycles. The van der Waals surface area contributed by atoms with E-state index in [9.17, 15) is 14.4 Å². The van der Waals surface area contributed by atoms with Crippen LogP contribution in [-0.4, -0.2) is 60.2 Å². The number of carbonyl (C=O) groups is 3. The lowest BCUT2D eigenvalue weighted by Crippen LogP contribution is -2.52. The Kier molecular flexibility index (Phi) is 5.57. The zero-order valence-electron chi connectivity index (χ0n) is 17.5. The van der Waals surface area contributed by atoms with Gasteiger partial charge < -0.3 is 14.7 Å². The Morgan fingerprint density at radius 1 is 0.867 bits per heavy atom. The highest BCUT2D eigenvalue weighted by molar-refractivity contribution is 6.01. The first kappa shape index (κ1) is 20.1. The molecule has 6 nitrogen and oxygen atoms in total. The lowest BCUT2D eigenvalue weighted by molar-refractivity contribution is -0.137. The predicted molar refractivity (Wildman–Crippen MR) is 115 cm³/mol. The molecule has 0 N–H and O–H groups in total. The Labute approximate surface area is 177 Å². The Morgan fingerprint density at radius 2 is 1.53 bits per heavy atom. The molecule has 0 saturated carbocycles. The summed E-state index contributed by atoms with van der Waals surface area (Å²) in [5, 5.41) is 0. The average Bonchev–Trinajstić information content (AvgIpc) is 3.16. The Morgan fingerprint density at radius 3 is 2.23 bits per heavy atom. The van der Waals surface area contributed by atoms with Crippen molar-refractivity contribution in [1.29, 1.82) is 0 Å². The molecule has 2 fully saturated rings. The SMILES string of the molecule is Cc1cccc(N2C[C@@H](C(=O)N3CCN(C(=O)c4ccccc4)CC3)CC2=O)c1C. The summed E-state index contributed by atoms with van der Waals surface area (Å²) in [6.45, 7) is 6.50. The van der Waals surface area contributed by atoms with Crippen LogP contribution in [0.3, 0.4) is 0 Å². The monoisotopic (exact) mass is 405 g/mol. The highest BCUT2D eigenvalue weighted by Gasteiger charge is 2.38. The quantitative estimate of drug-likeness (QED) is 0.789. The largest absolute Gasteiger partial charge is 0.339 e. The summed E-state index contributed by atoms with van der Waals surface area (Å²) < 4.78 is 0. The molecule has 0 unspecified atom stereocenters. The van der Waals surface area contributed by atoms with Gasteiger partial charge in [0.15, 0.2) is 0 Å². The van der Waals surface area contributed by atoms with Gasteiger partial charge in [-0.25, -0.2) is 0 Å². The van der Waals surface area contributed by atoms with E-state index < -0.39 is 0 Å². The summed E-state index contributed by atoms with van der Waals surface area (Å²) in [5.41, 5.74) is 3.78.